The summed E-state index contributed by atoms with van der Waals surface area (Å²) in [5.74, 6) is -1.35. The number of imide groups is 2. The molecule has 7 aromatic carbocycles. The highest BCUT2D eigenvalue weighted by Gasteiger charge is 2.38. The van der Waals surface area contributed by atoms with Crippen LogP contribution in [0.15, 0.2) is 158 Å². The molecule has 54 heavy (non-hydrogen) atoms. The molecule has 0 atom stereocenters. The lowest BCUT2D eigenvalue weighted by atomic mass is 9.99. The Morgan fingerprint density at radius 3 is 1.09 bits per heavy atom. The van der Waals surface area contributed by atoms with Crippen LogP contribution in [-0.4, -0.2) is 23.6 Å². The molecule has 7 aromatic rings. The van der Waals surface area contributed by atoms with Crippen LogP contribution in [0.5, 0.6) is 0 Å². The zero-order valence-corrected chi connectivity index (χ0v) is 29.5. The second-order valence-electron chi connectivity index (χ2n) is 13.8. The number of benzene rings is 7. The van der Waals surface area contributed by atoms with E-state index in [1.807, 2.05) is 129 Å². The Morgan fingerprint density at radius 1 is 0.296 bits per heavy atom. The Labute approximate surface area is 312 Å². The SMILES string of the molecule is Cc1ccc(-c2ccc3c(c2)C(=O)N(c2ccc(-c4ccc(-c5cccc(N6C(=O)c7ccc(-c8ccc(C)cc8)cc7C6=O)c5)cc4)cc2)C3=O)cc1. The van der Waals surface area contributed by atoms with Crippen molar-refractivity contribution in [2.75, 3.05) is 9.80 Å². The Kier molecular flexibility index (Phi) is 7.75. The molecular weight excluding hydrogens is 669 g/mol. The highest BCUT2D eigenvalue weighted by atomic mass is 16.2. The van der Waals surface area contributed by atoms with E-state index in [1.54, 1.807) is 42.5 Å². The summed E-state index contributed by atoms with van der Waals surface area (Å²) in [5, 5.41) is 0. The molecule has 4 amide bonds. The van der Waals surface area contributed by atoms with Crippen molar-refractivity contribution in [2.24, 2.45) is 0 Å². The van der Waals surface area contributed by atoms with Gasteiger partial charge in [-0.2, -0.15) is 0 Å². The molecule has 0 aliphatic carbocycles. The summed E-state index contributed by atoms with van der Waals surface area (Å²) in [7, 11) is 0. The second kappa shape index (κ2) is 12.8. The van der Waals surface area contributed by atoms with Crippen LogP contribution in [0, 0.1) is 13.8 Å². The van der Waals surface area contributed by atoms with Crippen molar-refractivity contribution in [3.05, 3.63) is 191 Å². The first-order valence-electron chi connectivity index (χ1n) is 17.7. The highest BCUT2D eigenvalue weighted by Crippen LogP contribution is 2.36. The van der Waals surface area contributed by atoms with Gasteiger partial charge in [0, 0.05) is 0 Å². The molecule has 0 saturated carbocycles. The van der Waals surface area contributed by atoms with Crippen molar-refractivity contribution >= 4 is 35.0 Å². The molecule has 0 aromatic heterocycles. The summed E-state index contributed by atoms with van der Waals surface area (Å²) in [4.78, 5) is 56.5. The quantitative estimate of drug-likeness (QED) is 0.162. The molecule has 0 bridgehead atoms. The van der Waals surface area contributed by atoms with E-state index >= 15 is 0 Å². The molecule has 0 radical (unpaired) electrons. The smallest absolute Gasteiger partial charge is 0.266 e. The number of carbonyl (C=O) groups is 4. The molecule has 0 unspecified atom stereocenters. The minimum Gasteiger partial charge on any atom is -0.268 e. The lowest BCUT2D eigenvalue weighted by molar-refractivity contribution is 0.0910. The Balaban J connectivity index is 0.921. The summed E-state index contributed by atoms with van der Waals surface area (Å²) in [6.07, 6.45) is 0. The van der Waals surface area contributed by atoms with Gasteiger partial charge in [-0.25, -0.2) is 9.80 Å². The monoisotopic (exact) mass is 700 g/mol. The van der Waals surface area contributed by atoms with Crippen molar-refractivity contribution in [1.82, 2.24) is 0 Å². The fourth-order valence-electron chi connectivity index (χ4n) is 7.28. The summed E-state index contributed by atoms with van der Waals surface area (Å²) >= 11 is 0. The van der Waals surface area contributed by atoms with E-state index in [1.165, 1.54) is 9.80 Å². The third-order valence-electron chi connectivity index (χ3n) is 10.3. The fraction of sp³-hybridized carbons (Fsp3) is 0.0417. The van der Waals surface area contributed by atoms with Gasteiger partial charge in [0.2, 0.25) is 0 Å². The summed E-state index contributed by atoms with van der Waals surface area (Å²) < 4.78 is 0. The van der Waals surface area contributed by atoms with Crippen LogP contribution >= 0.6 is 0 Å². The van der Waals surface area contributed by atoms with E-state index in [2.05, 4.69) is 0 Å². The summed E-state index contributed by atoms with van der Waals surface area (Å²) in [5.41, 5.74) is 12.3. The number of aryl methyl sites for hydroxylation is 2. The van der Waals surface area contributed by atoms with E-state index in [0.29, 0.717) is 33.6 Å². The molecular formula is C48H32N2O4. The maximum atomic E-state index is 13.6. The third-order valence-corrected chi connectivity index (χ3v) is 10.3. The predicted octanol–water partition coefficient (Wildman–Crippen LogP) is 10.6. The first-order valence-corrected chi connectivity index (χ1v) is 17.7. The topological polar surface area (TPSA) is 74.8 Å². The van der Waals surface area contributed by atoms with Crippen LogP contribution < -0.4 is 9.80 Å². The van der Waals surface area contributed by atoms with Gasteiger partial charge in [-0.15, -0.1) is 0 Å². The molecule has 0 N–H and O–H groups in total. The number of rotatable bonds is 6. The fourth-order valence-corrected chi connectivity index (χ4v) is 7.28. The van der Waals surface area contributed by atoms with Gasteiger partial charge in [-0.3, -0.25) is 19.2 Å². The predicted molar refractivity (Wildman–Crippen MR) is 213 cm³/mol. The van der Waals surface area contributed by atoms with Crippen LogP contribution in [0.1, 0.15) is 52.6 Å². The van der Waals surface area contributed by atoms with Crippen molar-refractivity contribution in [1.29, 1.82) is 0 Å². The molecule has 2 heterocycles. The maximum Gasteiger partial charge on any atom is 0.266 e. The van der Waals surface area contributed by atoms with Gasteiger partial charge < -0.3 is 0 Å². The minimum absolute atomic E-state index is 0.335. The third kappa shape index (κ3) is 5.52. The lowest BCUT2D eigenvalue weighted by Gasteiger charge is -2.15. The van der Waals surface area contributed by atoms with Gasteiger partial charge in [0.25, 0.3) is 23.6 Å². The Bertz CT molecular complexity index is 2680. The molecule has 0 spiro atoms. The van der Waals surface area contributed by atoms with E-state index in [-0.39, 0.29) is 23.6 Å². The van der Waals surface area contributed by atoms with Crippen LogP contribution in [0.3, 0.4) is 0 Å². The second-order valence-corrected chi connectivity index (χ2v) is 13.8. The molecule has 258 valence electrons. The van der Waals surface area contributed by atoms with Crippen LogP contribution in [0.25, 0.3) is 44.5 Å². The summed E-state index contributed by atoms with van der Waals surface area (Å²) in [6, 6.07) is 49.8. The van der Waals surface area contributed by atoms with Crippen molar-refractivity contribution in [3.63, 3.8) is 0 Å². The van der Waals surface area contributed by atoms with Crippen LogP contribution in [-0.2, 0) is 0 Å². The maximum absolute atomic E-state index is 13.6. The van der Waals surface area contributed by atoms with Crippen molar-refractivity contribution in [2.45, 2.75) is 13.8 Å². The van der Waals surface area contributed by atoms with Crippen molar-refractivity contribution in [3.8, 4) is 44.5 Å². The number of anilines is 2. The zero-order valence-electron chi connectivity index (χ0n) is 29.5. The first-order chi connectivity index (χ1) is 26.2. The highest BCUT2D eigenvalue weighted by molar-refractivity contribution is 6.35. The Morgan fingerprint density at radius 2 is 0.630 bits per heavy atom. The van der Waals surface area contributed by atoms with Crippen molar-refractivity contribution < 1.29 is 19.2 Å². The molecule has 6 heteroatoms. The number of hydrogen-bond donors (Lipinski definition) is 0. The van der Waals surface area contributed by atoms with E-state index < -0.39 is 0 Å². The van der Waals surface area contributed by atoms with Gasteiger partial charge in [-0.1, -0.05) is 120 Å². The van der Waals surface area contributed by atoms with E-state index in [4.69, 9.17) is 0 Å². The molecule has 9 rings (SSSR count). The number of nitrogens with zero attached hydrogens (tertiary/aromatic N) is 2. The normalized spacial score (nSPS) is 13.4. The van der Waals surface area contributed by atoms with Gasteiger partial charge in [0.05, 0.1) is 33.6 Å². The molecule has 0 saturated heterocycles. The van der Waals surface area contributed by atoms with Gasteiger partial charge in [0.15, 0.2) is 0 Å². The average Bonchev–Trinajstić information content (AvgIpc) is 3.61. The molecule has 2 aliphatic rings. The average molecular weight is 701 g/mol. The van der Waals surface area contributed by atoms with Gasteiger partial charge >= 0.3 is 0 Å². The minimum atomic E-state index is -0.340. The Hall–Kier alpha value is -7.18. The molecule has 0 fully saturated rings. The number of amides is 4. The van der Waals surface area contributed by atoms with E-state index in [9.17, 15) is 19.2 Å². The molecule has 6 nitrogen and oxygen atoms in total. The largest absolute Gasteiger partial charge is 0.268 e. The number of fused-ring (bicyclic) bond motifs is 2. The lowest BCUT2D eigenvalue weighted by Crippen LogP contribution is -2.29. The molecule has 2 aliphatic heterocycles. The number of carbonyl (C=O) groups excluding carboxylic acids is 4. The van der Waals surface area contributed by atoms with Gasteiger partial charge in [-0.05, 0) is 107 Å². The zero-order chi connectivity index (χ0) is 37.1. The van der Waals surface area contributed by atoms with E-state index in [0.717, 1.165) is 55.6 Å². The van der Waals surface area contributed by atoms with Crippen LogP contribution in [0.2, 0.25) is 0 Å². The van der Waals surface area contributed by atoms with Gasteiger partial charge in [0.1, 0.15) is 0 Å². The summed E-state index contributed by atoms with van der Waals surface area (Å²) in [6.45, 7) is 4.05. The standard InChI is InChI=1S/C48H32N2O4/c1-29-6-10-33(11-7-29)37-20-24-41-43(27-37)47(53)49(45(41)51)39-22-18-32(19-23-39)31-14-16-35(17-15-31)36-4-3-5-40(26-36)50-46(52)42-25-21-38(28-44(42)48(50)54)34-12-8-30(2)9-13-34/h3-28H,1-2H3. The number of hydrogen-bond acceptors (Lipinski definition) is 4. The van der Waals surface area contributed by atoms with Crippen LogP contribution in [0.4, 0.5) is 11.4 Å². The first kappa shape index (κ1) is 32.7.